The summed E-state index contributed by atoms with van der Waals surface area (Å²) in [6, 6.07) is 8.52. The summed E-state index contributed by atoms with van der Waals surface area (Å²) >= 11 is 1.54. The van der Waals surface area contributed by atoms with E-state index in [-0.39, 0.29) is 11.0 Å². The van der Waals surface area contributed by atoms with Gasteiger partial charge in [0.2, 0.25) is 0 Å². The van der Waals surface area contributed by atoms with Crippen LogP contribution in [0.2, 0.25) is 0 Å². The number of fused-ring (bicyclic) bond motifs is 3. The normalized spacial score (nSPS) is 23.2. The van der Waals surface area contributed by atoms with E-state index in [1.807, 2.05) is 13.3 Å². The largest absolute Gasteiger partial charge is 0.290 e. The SMILES string of the molecule is CSc1nc2c(c(=O)n1C)C(C)(C1CCCCC1)Cc1ccccc1-2. The van der Waals surface area contributed by atoms with Gasteiger partial charge in [0.05, 0.1) is 11.3 Å². The van der Waals surface area contributed by atoms with Crippen LogP contribution in [-0.4, -0.2) is 15.8 Å². The monoisotopic (exact) mass is 354 g/mol. The molecule has 0 N–H and O–H groups in total. The lowest BCUT2D eigenvalue weighted by atomic mass is 9.60. The number of rotatable bonds is 2. The van der Waals surface area contributed by atoms with Crippen molar-refractivity contribution in [3.8, 4) is 11.3 Å². The summed E-state index contributed by atoms with van der Waals surface area (Å²) in [6.45, 7) is 2.32. The standard InChI is InChI=1S/C21H26N2OS/c1-21(15-10-5-4-6-11-15)13-14-9-7-8-12-16(14)18-17(21)19(24)23(2)20(22-18)25-3/h7-9,12,15H,4-6,10-11,13H2,1-3H3. The molecule has 1 unspecified atom stereocenters. The Labute approximate surface area is 153 Å². The molecule has 0 aliphatic heterocycles. The second kappa shape index (κ2) is 6.31. The summed E-state index contributed by atoms with van der Waals surface area (Å²) in [7, 11) is 1.86. The molecule has 4 rings (SSSR count). The minimum absolute atomic E-state index is 0.108. The first-order valence-corrected chi connectivity index (χ1v) is 10.5. The molecule has 4 heteroatoms. The number of hydrogen-bond donors (Lipinski definition) is 0. The highest BCUT2D eigenvalue weighted by Gasteiger charge is 2.44. The maximum atomic E-state index is 13.4. The van der Waals surface area contributed by atoms with Crippen molar-refractivity contribution in [2.45, 2.75) is 56.0 Å². The van der Waals surface area contributed by atoms with Crippen LogP contribution in [0.4, 0.5) is 0 Å². The average molecular weight is 355 g/mol. The molecule has 2 aromatic rings. The molecule has 0 radical (unpaired) electrons. The molecule has 0 saturated heterocycles. The van der Waals surface area contributed by atoms with E-state index in [4.69, 9.17) is 4.98 Å². The Balaban J connectivity index is 2.00. The number of hydrogen-bond acceptors (Lipinski definition) is 3. The quantitative estimate of drug-likeness (QED) is 0.585. The first-order chi connectivity index (χ1) is 12.1. The molecule has 1 fully saturated rings. The fraction of sp³-hybridized carbons (Fsp3) is 0.524. The van der Waals surface area contributed by atoms with E-state index in [1.54, 1.807) is 16.3 Å². The number of thioether (sulfide) groups is 1. The lowest BCUT2D eigenvalue weighted by Crippen LogP contribution is -2.44. The predicted octanol–water partition coefficient (Wildman–Crippen LogP) is 4.56. The zero-order chi connectivity index (χ0) is 17.6. The third kappa shape index (κ3) is 2.57. The Morgan fingerprint density at radius 2 is 1.92 bits per heavy atom. The summed E-state index contributed by atoms with van der Waals surface area (Å²) in [6.07, 6.45) is 9.30. The van der Waals surface area contributed by atoms with Gasteiger partial charge in [-0.25, -0.2) is 4.98 Å². The molecule has 1 saturated carbocycles. The maximum Gasteiger partial charge on any atom is 0.258 e. The second-order valence-corrected chi connectivity index (χ2v) is 8.55. The summed E-state index contributed by atoms with van der Waals surface area (Å²) < 4.78 is 1.75. The van der Waals surface area contributed by atoms with Gasteiger partial charge in [0, 0.05) is 18.0 Å². The second-order valence-electron chi connectivity index (χ2n) is 7.77. The fourth-order valence-corrected chi connectivity index (χ4v) is 5.49. The van der Waals surface area contributed by atoms with E-state index >= 15 is 0 Å². The van der Waals surface area contributed by atoms with Crippen molar-refractivity contribution in [1.82, 2.24) is 9.55 Å². The number of benzene rings is 1. The highest BCUT2D eigenvalue weighted by Crippen LogP contribution is 2.49. The molecule has 1 aromatic carbocycles. The molecule has 1 atom stereocenters. The van der Waals surface area contributed by atoms with Gasteiger partial charge in [-0.15, -0.1) is 0 Å². The molecule has 1 aromatic heterocycles. The van der Waals surface area contributed by atoms with Gasteiger partial charge < -0.3 is 0 Å². The van der Waals surface area contributed by atoms with Gasteiger partial charge in [0.25, 0.3) is 5.56 Å². The van der Waals surface area contributed by atoms with E-state index in [9.17, 15) is 4.79 Å². The Morgan fingerprint density at radius 1 is 1.20 bits per heavy atom. The van der Waals surface area contributed by atoms with Crippen LogP contribution in [0, 0.1) is 5.92 Å². The lowest BCUT2D eigenvalue weighted by molar-refractivity contribution is 0.212. The summed E-state index contributed by atoms with van der Waals surface area (Å²) in [5.41, 5.74) is 4.43. The Kier molecular flexibility index (Phi) is 4.27. The highest BCUT2D eigenvalue weighted by atomic mass is 32.2. The zero-order valence-corrected chi connectivity index (χ0v) is 16.2. The van der Waals surface area contributed by atoms with Crippen LogP contribution in [0.25, 0.3) is 11.3 Å². The van der Waals surface area contributed by atoms with Gasteiger partial charge >= 0.3 is 0 Å². The van der Waals surface area contributed by atoms with Crippen molar-refractivity contribution in [3.63, 3.8) is 0 Å². The van der Waals surface area contributed by atoms with Gasteiger partial charge in [-0.1, -0.05) is 62.2 Å². The maximum absolute atomic E-state index is 13.4. The molecule has 2 aliphatic carbocycles. The molecular formula is C21H26N2OS. The van der Waals surface area contributed by atoms with Crippen molar-refractivity contribution in [3.05, 3.63) is 45.7 Å². The highest BCUT2D eigenvalue weighted by molar-refractivity contribution is 7.98. The van der Waals surface area contributed by atoms with Crippen molar-refractivity contribution >= 4 is 11.8 Å². The van der Waals surface area contributed by atoms with Crippen LogP contribution >= 0.6 is 11.8 Å². The van der Waals surface area contributed by atoms with Gasteiger partial charge in [0.1, 0.15) is 0 Å². The van der Waals surface area contributed by atoms with Crippen molar-refractivity contribution in [2.24, 2.45) is 13.0 Å². The number of aromatic nitrogens is 2. The van der Waals surface area contributed by atoms with Crippen molar-refractivity contribution in [1.29, 1.82) is 0 Å². The smallest absolute Gasteiger partial charge is 0.258 e. The van der Waals surface area contributed by atoms with Gasteiger partial charge in [0.15, 0.2) is 5.16 Å². The minimum Gasteiger partial charge on any atom is -0.290 e. The molecule has 0 bridgehead atoms. The summed E-state index contributed by atoms with van der Waals surface area (Å²) in [5.74, 6) is 0.572. The Morgan fingerprint density at radius 3 is 2.64 bits per heavy atom. The van der Waals surface area contributed by atoms with Crippen LogP contribution < -0.4 is 5.56 Å². The first-order valence-electron chi connectivity index (χ1n) is 9.30. The number of nitrogens with zero attached hydrogens (tertiary/aromatic N) is 2. The van der Waals surface area contributed by atoms with Gasteiger partial charge in [-0.3, -0.25) is 9.36 Å². The van der Waals surface area contributed by atoms with E-state index in [1.165, 1.54) is 37.7 Å². The molecule has 3 nitrogen and oxygen atoms in total. The first kappa shape index (κ1) is 16.9. The Bertz CT molecular complexity index is 867. The molecule has 25 heavy (non-hydrogen) atoms. The van der Waals surface area contributed by atoms with Gasteiger partial charge in [-0.05, 0) is 37.0 Å². The third-order valence-corrected chi connectivity index (χ3v) is 7.07. The van der Waals surface area contributed by atoms with Gasteiger partial charge in [-0.2, -0.15) is 0 Å². The summed E-state index contributed by atoms with van der Waals surface area (Å²) in [4.78, 5) is 18.3. The summed E-state index contributed by atoms with van der Waals surface area (Å²) in [5, 5.41) is 0.798. The molecular weight excluding hydrogens is 328 g/mol. The lowest BCUT2D eigenvalue weighted by Gasteiger charge is -2.43. The minimum atomic E-state index is -0.108. The van der Waals surface area contributed by atoms with E-state index in [2.05, 4.69) is 31.2 Å². The van der Waals surface area contributed by atoms with Crippen LogP contribution in [0.1, 0.15) is 50.2 Å². The van der Waals surface area contributed by atoms with E-state index in [0.29, 0.717) is 5.92 Å². The van der Waals surface area contributed by atoms with Crippen molar-refractivity contribution in [2.75, 3.05) is 6.26 Å². The predicted molar refractivity (Wildman–Crippen MR) is 104 cm³/mol. The zero-order valence-electron chi connectivity index (χ0n) is 15.3. The van der Waals surface area contributed by atoms with Crippen LogP contribution in [0.5, 0.6) is 0 Å². The molecule has 1 heterocycles. The molecule has 0 spiro atoms. The Hall–Kier alpha value is -1.55. The molecule has 0 amide bonds. The van der Waals surface area contributed by atoms with Crippen LogP contribution in [0.3, 0.4) is 0 Å². The van der Waals surface area contributed by atoms with Crippen LogP contribution in [-0.2, 0) is 18.9 Å². The van der Waals surface area contributed by atoms with E-state index in [0.717, 1.165) is 28.4 Å². The molecule has 132 valence electrons. The van der Waals surface area contributed by atoms with Crippen molar-refractivity contribution < 1.29 is 0 Å². The molecule has 2 aliphatic rings. The van der Waals surface area contributed by atoms with E-state index < -0.39 is 0 Å². The van der Waals surface area contributed by atoms with Crippen LogP contribution in [0.15, 0.2) is 34.2 Å². The average Bonchev–Trinajstić information content (AvgIpc) is 2.65. The third-order valence-electron chi connectivity index (χ3n) is 6.34. The fourth-order valence-electron chi connectivity index (χ4n) is 4.95. The topological polar surface area (TPSA) is 34.9 Å².